The summed E-state index contributed by atoms with van der Waals surface area (Å²) in [4.78, 5) is 27.9. The third-order valence-electron chi connectivity index (χ3n) is 3.84. The molecule has 3 N–H and O–H groups in total. The summed E-state index contributed by atoms with van der Waals surface area (Å²) in [5.41, 5.74) is -0.313. The summed E-state index contributed by atoms with van der Waals surface area (Å²) in [6.45, 7) is 6.85. The van der Waals surface area contributed by atoms with Gasteiger partial charge in [0, 0.05) is 24.9 Å². The average molecular weight is 281 g/mol. The maximum atomic E-state index is 12.0. The van der Waals surface area contributed by atoms with Crippen LogP contribution in [0.2, 0.25) is 0 Å². The van der Waals surface area contributed by atoms with Crippen LogP contribution in [0, 0.1) is 5.92 Å². The van der Waals surface area contributed by atoms with Crippen molar-refractivity contribution in [3.8, 4) is 0 Å². The lowest BCUT2D eigenvalue weighted by Gasteiger charge is -2.33. The van der Waals surface area contributed by atoms with Gasteiger partial charge >= 0.3 is 5.69 Å². The number of rotatable bonds is 5. The number of nitrogens with one attached hydrogen (secondary N) is 3. The quantitative estimate of drug-likeness (QED) is 0.701. The van der Waals surface area contributed by atoms with Gasteiger partial charge in [0.25, 0.3) is 0 Å². The molecule has 1 aliphatic rings. The fraction of sp³-hybridized carbons (Fsp3) is 0.769. The Hall–Kier alpha value is -1.63. The van der Waals surface area contributed by atoms with Gasteiger partial charge in [-0.25, -0.2) is 9.89 Å². The van der Waals surface area contributed by atoms with Crippen molar-refractivity contribution in [3.63, 3.8) is 0 Å². The maximum Gasteiger partial charge on any atom is 0.340 e. The van der Waals surface area contributed by atoms with Gasteiger partial charge in [0.1, 0.15) is 5.82 Å². The average Bonchev–Trinajstić information content (AvgIpc) is 2.84. The van der Waals surface area contributed by atoms with E-state index in [-0.39, 0.29) is 17.5 Å². The number of aromatic nitrogens is 3. The predicted octanol–water partition coefficient (Wildman–Crippen LogP) is -0.123. The number of amides is 1. The van der Waals surface area contributed by atoms with Gasteiger partial charge in [-0.15, -0.1) is 0 Å². The number of hydrogen-bond acceptors (Lipinski definition) is 4. The Balaban J connectivity index is 1.69. The van der Waals surface area contributed by atoms with Gasteiger partial charge < -0.3 is 10.2 Å². The monoisotopic (exact) mass is 281 g/mol. The second kappa shape index (κ2) is 6.69. The maximum absolute atomic E-state index is 12.0. The predicted molar refractivity (Wildman–Crippen MR) is 75.4 cm³/mol. The minimum atomic E-state index is -0.313. The third-order valence-corrected chi connectivity index (χ3v) is 3.84. The molecule has 1 aromatic rings. The summed E-state index contributed by atoms with van der Waals surface area (Å²) in [5.74, 6) is 0.805. The molecule has 2 rings (SSSR count). The lowest BCUT2D eigenvalue weighted by molar-refractivity contribution is -0.126. The number of hydrogen-bond donors (Lipinski definition) is 3. The topological polar surface area (TPSA) is 93.9 Å². The Bertz CT molecular complexity index is 485. The van der Waals surface area contributed by atoms with Gasteiger partial charge in [0.15, 0.2) is 0 Å². The third kappa shape index (κ3) is 3.93. The van der Waals surface area contributed by atoms with E-state index in [0.717, 1.165) is 25.9 Å². The van der Waals surface area contributed by atoms with Crippen LogP contribution in [0.5, 0.6) is 0 Å². The summed E-state index contributed by atoms with van der Waals surface area (Å²) in [6, 6.07) is 0.551. The first-order chi connectivity index (χ1) is 9.56. The zero-order valence-corrected chi connectivity index (χ0v) is 12.1. The van der Waals surface area contributed by atoms with Crippen LogP contribution in [-0.2, 0) is 11.2 Å². The van der Waals surface area contributed by atoms with Crippen LogP contribution in [0.25, 0.3) is 0 Å². The van der Waals surface area contributed by atoms with Crippen LogP contribution in [0.1, 0.15) is 32.5 Å². The highest BCUT2D eigenvalue weighted by molar-refractivity contribution is 5.78. The Morgan fingerprint density at radius 2 is 2.15 bits per heavy atom. The van der Waals surface area contributed by atoms with Gasteiger partial charge in [-0.3, -0.25) is 9.78 Å². The summed E-state index contributed by atoms with van der Waals surface area (Å²) >= 11 is 0. The van der Waals surface area contributed by atoms with E-state index < -0.39 is 0 Å². The van der Waals surface area contributed by atoms with Crippen LogP contribution < -0.4 is 11.0 Å². The largest absolute Gasteiger partial charge is 0.355 e. The first-order valence-corrected chi connectivity index (χ1v) is 7.21. The van der Waals surface area contributed by atoms with Crippen molar-refractivity contribution in [3.05, 3.63) is 16.3 Å². The normalized spacial score (nSPS) is 17.6. The Morgan fingerprint density at radius 3 is 2.70 bits per heavy atom. The van der Waals surface area contributed by atoms with Crippen molar-refractivity contribution in [1.82, 2.24) is 25.4 Å². The minimum Gasteiger partial charge on any atom is -0.355 e. The number of H-pyrrole nitrogens is 2. The second-order valence-electron chi connectivity index (χ2n) is 5.57. The molecule has 1 saturated heterocycles. The highest BCUT2D eigenvalue weighted by atomic mass is 16.2. The van der Waals surface area contributed by atoms with E-state index in [9.17, 15) is 9.59 Å². The standard InChI is InChI=1S/C13H23N5O2/c1-9(2)18-7-4-10(5-8-18)12(19)14-6-3-11-15-13(20)17-16-11/h9-10H,3-8H2,1-2H3,(H,14,19)(H2,15,16,17,20). The van der Waals surface area contributed by atoms with Crippen molar-refractivity contribution in [2.45, 2.75) is 39.2 Å². The zero-order valence-electron chi connectivity index (χ0n) is 12.1. The number of carbonyl (C=O) groups excluding carboxylic acids is 1. The molecule has 20 heavy (non-hydrogen) atoms. The lowest BCUT2D eigenvalue weighted by Crippen LogP contribution is -2.43. The van der Waals surface area contributed by atoms with Crippen LogP contribution in [0.15, 0.2) is 4.79 Å². The van der Waals surface area contributed by atoms with Crippen molar-refractivity contribution in [2.75, 3.05) is 19.6 Å². The van der Waals surface area contributed by atoms with Crippen LogP contribution in [-0.4, -0.2) is 51.7 Å². The van der Waals surface area contributed by atoms with E-state index >= 15 is 0 Å². The van der Waals surface area contributed by atoms with E-state index in [1.165, 1.54) is 0 Å². The molecule has 1 aromatic heterocycles. The summed E-state index contributed by atoms with van der Waals surface area (Å²) in [7, 11) is 0. The summed E-state index contributed by atoms with van der Waals surface area (Å²) in [5, 5.41) is 9.03. The van der Waals surface area contributed by atoms with Crippen LogP contribution >= 0.6 is 0 Å². The first kappa shape index (κ1) is 14.8. The molecule has 7 nitrogen and oxygen atoms in total. The number of aromatic amines is 2. The van der Waals surface area contributed by atoms with Gasteiger partial charge in [-0.1, -0.05) is 0 Å². The van der Waals surface area contributed by atoms with Gasteiger partial charge in [0.05, 0.1) is 0 Å². The lowest BCUT2D eigenvalue weighted by atomic mass is 9.95. The van der Waals surface area contributed by atoms with Crippen molar-refractivity contribution in [1.29, 1.82) is 0 Å². The van der Waals surface area contributed by atoms with Gasteiger partial charge in [-0.2, -0.15) is 5.10 Å². The van der Waals surface area contributed by atoms with E-state index in [1.807, 2.05) is 0 Å². The molecule has 7 heteroatoms. The summed E-state index contributed by atoms with van der Waals surface area (Å²) < 4.78 is 0. The molecule has 1 fully saturated rings. The molecular formula is C13H23N5O2. The number of piperidine rings is 1. The Labute approximate surface area is 118 Å². The number of carbonyl (C=O) groups is 1. The summed E-state index contributed by atoms with van der Waals surface area (Å²) in [6.07, 6.45) is 2.38. The zero-order chi connectivity index (χ0) is 14.5. The van der Waals surface area contributed by atoms with E-state index in [2.05, 4.69) is 39.2 Å². The molecule has 1 amide bonds. The van der Waals surface area contributed by atoms with Gasteiger partial charge in [-0.05, 0) is 39.8 Å². The smallest absolute Gasteiger partial charge is 0.340 e. The van der Waals surface area contributed by atoms with Gasteiger partial charge in [0.2, 0.25) is 5.91 Å². The molecule has 0 aliphatic carbocycles. The highest BCUT2D eigenvalue weighted by Crippen LogP contribution is 2.18. The molecule has 1 aliphatic heterocycles. The SMILES string of the molecule is CC(C)N1CCC(C(=O)NCCc2n[nH]c(=O)[nH]2)CC1. The molecule has 0 atom stereocenters. The molecule has 0 unspecified atom stereocenters. The number of likely N-dealkylation sites (tertiary alicyclic amines) is 1. The van der Waals surface area contributed by atoms with E-state index in [4.69, 9.17) is 0 Å². The molecule has 0 bridgehead atoms. The number of nitrogens with zero attached hydrogens (tertiary/aromatic N) is 2. The molecule has 0 radical (unpaired) electrons. The van der Waals surface area contributed by atoms with Crippen molar-refractivity contribution in [2.24, 2.45) is 5.92 Å². The molecule has 0 saturated carbocycles. The minimum absolute atomic E-state index is 0.114. The highest BCUT2D eigenvalue weighted by Gasteiger charge is 2.25. The fourth-order valence-corrected chi connectivity index (χ4v) is 2.55. The van der Waals surface area contributed by atoms with E-state index in [1.54, 1.807) is 0 Å². The second-order valence-corrected chi connectivity index (χ2v) is 5.57. The van der Waals surface area contributed by atoms with Crippen molar-refractivity contribution >= 4 is 5.91 Å². The fourth-order valence-electron chi connectivity index (χ4n) is 2.55. The molecule has 0 aromatic carbocycles. The first-order valence-electron chi connectivity index (χ1n) is 7.21. The molecular weight excluding hydrogens is 258 g/mol. The molecule has 0 spiro atoms. The molecule has 2 heterocycles. The Morgan fingerprint density at radius 1 is 1.45 bits per heavy atom. The van der Waals surface area contributed by atoms with Crippen LogP contribution in [0.3, 0.4) is 0 Å². The van der Waals surface area contributed by atoms with Crippen molar-refractivity contribution < 1.29 is 4.79 Å². The molecule has 112 valence electrons. The van der Waals surface area contributed by atoms with Crippen LogP contribution in [0.4, 0.5) is 0 Å². The van der Waals surface area contributed by atoms with E-state index in [0.29, 0.717) is 24.8 Å². The Kier molecular flexibility index (Phi) is 4.94.